The Bertz CT molecular complexity index is 861. The number of carbonyl (C=O) groups excluding carboxylic acids is 1. The molecule has 25 heavy (non-hydrogen) atoms. The van der Waals surface area contributed by atoms with Crippen molar-refractivity contribution in [1.82, 2.24) is 15.5 Å². The van der Waals surface area contributed by atoms with Gasteiger partial charge in [0, 0.05) is 5.56 Å². The predicted molar refractivity (Wildman–Crippen MR) is 93.0 cm³/mol. The highest BCUT2D eigenvalue weighted by molar-refractivity contribution is 7.12. The zero-order valence-electron chi connectivity index (χ0n) is 14.0. The molecule has 0 aliphatic rings. The topological polar surface area (TPSA) is 86.5 Å². The van der Waals surface area contributed by atoms with Gasteiger partial charge in [-0.1, -0.05) is 11.2 Å². The van der Waals surface area contributed by atoms with Crippen LogP contribution >= 0.6 is 11.3 Å². The van der Waals surface area contributed by atoms with E-state index in [0.717, 1.165) is 5.56 Å². The molecule has 1 atom stereocenters. The van der Waals surface area contributed by atoms with E-state index in [1.165, 1.54) is 11.3 Å². The summed E-state index contributed by atoms with van der Waals surface area (Å²) in [6.45, 7) is 1.79. The lowest BCUT2D eigenvalue weighted by Crippen LogP contribution is -2.26. The molecule has 2 aromatic heterocycles. The fourth-order valence-electron chi connectivity index (χ4n) is 2.24. The lowest BCUT2D eigenvalue weighted by molar-refractivity contribution is 0.0936. The van der Waals surface area contributed by atoms with Crippen molar-refractivity contribution in [3.63, 3.8) is 0 Å². The molecule has 1 amide bonds. The number of hydrogen-bond acceptors (Lipinski definition) is 7. The van der Waals surface area contributed by atoms with Gasteiger partial charge in [0.2, 0.25) is 11.7 Å². The normalized spacial score (nSPS) is 11.8. The Hall–Kier alpha value is -2.87. The summed E-state index contributed by atoms with van der Waals surface area (Å²) < 4.78 is 15.8. The van der Waals surface area contributed by atoms with Crippen LogP contribution in [0.15, 0.2) is 40.2 Å². The largest absolute Gasteiger partial charge is 0.493 e. The molecule has 0 radical (unpaired) electrons. The molecule has 0 saturated carbocycles. The summed E-state index contributed by atoms with van der Waals surface area (Å²) in [5, 5.41) is 8.66. The molecule has 130 valence electrons. The summed E-state index contributed by atoms with van der Waals surface area (Å²) >= 11 is 1.37. The third kappa shape index (κ3) is 3.63. The Morgan fingerprint density at radius 2 is 2.04 bits per heavy atom. The van der Waals surface area contributed by atoms with E-state index in [-0.39, 0.29) is 5.91 Å². The number of nitrogens with one attached hydrogen (secondary N) is 1. The molecule has 3 aromatic rings. The van der Waals surface area contributed by atoms with Crippen LogP contribution in [0.25, 0.3) is 11.4 Å². The number of rotatable bonds is 6. The Morgan fingerprint density at radius 3 is 2.72 bits per heavy atom. The predicted octanol–water partition coefficient (Wildman–Crippen LogP) is 3.31. The van der Waals surface area contributed by atoms with Gasteiger partial charge in [0.15, 0.2) is 11.5 Å². The second-order valence-electron chi connectivity index (χ2n) is 5.20. The molecular weight excluding hydrogens is 342 g/mol. The average molecular weight is 359 g/mol. The monoisotopic (exact) mass is 359 g/mol. The maximum Gasteiger partial charge on any atom is 0.261 e. The van der Waals surface area contributed by atoms with Crippen LogP contribution in [0, 0.1) is 0 Å². The van der Waals surface area contributed by atoms with Gasteiger partial charge in [0.05, 0.1) is 19.1 Å². The van der Waals surface area contributed by atoms with Gasteiger partial charge in [-0.2, -0.15) is 4.98 Å². The number of thiophene rings is 1. The van der Waals surface area contributed by atoms with Crippen LogP contribution in [0.4, 0.5) is 0 Å². The summed E-state index contributed by atoms with van der Waals surface area (Å²) in [7, 11) is 3.13. The van der Waals surface area contributed by atoms with Crippen molar-refractivity contribution in [1.29, 1.82) is 0 Å². The minimum atomic E-state index is -0.406. The second-order valence-corrected chi connectivity index (χ2v) is 6.15. The summed E-state index contributed by atoms with van der Waals surface area (Å²) in [5.41, 5.74) is 0.726. The number of ether oxygens (including phenoxy) is 2. The first-order valence-electron chi connectivity index (χ1n) is 7.52. The van der Waals surface area contributed by atoms with Gasteiger partial charge in [0.25, 0.3) is 5.91 Å². The minimum Gasteiger partial charge on any atom is -0.493 e. The van der Waals surface area contributed by atoms with E-state index in [1.807, 2.05) is 17.5 Å². The second kappa shape index (κ2) is 7.35. The van der Waals surface area contributed by atoms with E-state index in [4.69, 9.17) is 14.0 Å². The highest BCUT2D eigenvalue weighted by Gasteiger charge is 2.19. The fourth-order valence-corrected chi connectivity index (χ4v) is 2.87. The highest BCUT2D eigenvalue weighted by atomic mass is 32.1. The maximum absolute atomic E-state index is 12.1. The van der Waals surface area contributed by atoms with Crippen LogP contribution in [-0.2, 0) is 0 Å². The van der Waals surface area contributed by atoms with Crippen molar-refractivity contribution < 1.29 is 18.8 Å². The molecular formula is C17H17N3O4S. The van der Waals surface area contributed by atoms with E-state index in [0.29, 0.717) is 28.1 Å². The minimum absolute atomic E-state index is 0.173. The van der Waals surface area contributed by atoms with Crippen LogP contribution in [-0.4, -0.2) is 30.3 Å². The fraction of sp³-hybridized carbons (Fsp3) is 0.235. The molecule has 1 unspecified atom stereocenters. The number of aromatic nitrogens is 2. The summed E-state index contributed by atoms with van der Waals surface area (Å²) in [5.74, 6) is 1.76. The zero-order valence-corrected chi connectivity index (χ0v) is 14.8. The standard InChI is InChI=1S/C17H17N3O4S/c1-10(18-16(21)14-5-4-8-25-14)17-19-15(20-24-17)11-6-7-12(22-2)13(9-11)23-3/h4-10H,1-3H3,(H,18,21). The van der Waals surface area contributed by atoms with Crippen LogP contribution < -0.4 is 14.8 Å². The third-order valence-electron chi connectivity index (χ3n) is 3.55. The molecule has 8 heteroatoms. The van der Waals surface area contributed by atoms with Crippen molar-refractivity contribution >= 4 is 17.2 Å². The number of hydrogen-bond donors (Lipinski definition) is 1. The van der Waals surface area contributed by atoms with E-state index in [9.17, 15) is 4.79 Å². The average Bonchev–Trinajstić information content (AvgIpc) is 3.32. The maximum atomic E-state index is 12.1. The molecule has 0 spiro atoms. The van der Waals surface area contributed by atoms with Gasteiger partial charge in [-0.3, -0.25) is 4.79 Å². The van der Waals surface area contributed by atoms with Crippen molar-refractivity contribution in [3.8, 4) is 22.9 Å². The SMILES string of the molecule is COc1ccc(-c2noc(C(C)NC(=O)c3cccs3)n2)cc1OC. The number of benzene rings is 1. The van der Waals surface area contributed by atoms with Crippen molar-refractivity contribution in [2.75, 3.05) is 14.2 Å². The van der Waals surface area contributed by atoms with E-state index < -0.39 is 6.04 Å². The van der Waals surface area contributed by atoms with E-state index >= 15 is 0 Å². The van der Waals surface area contributed by atoms with Gasteiger partial charge in [-0.25, -0.2) is 0 Å². The number of nitrogens with zero attached hydrogens (tertiary/aromatic N) is 2. The summed E-state index contributed by atoms with van der Waals surface area (Å²) in [6, 6.07) is 8.53. The molecule has 0 saturated heterocycles. The molecule has 3 rings (SSSR count). The van der Waals surface area contributed by atoms with Gasteiger partial charge in [-0.15, -0.1) is 11.3 Å². The van der Waals surface area contributed by atoms with E-state index in [1.54, 1.807) is 39.3 Å². The molecule has 1 aromatic carbocycles. The Kier molecular flexibility index (Phi) is 4.99. The molecule has 0 fully saturated rings. The van der Waals surface area contributed by atoms with Gasteiger partial charge in [-0.05, 0) is 36.6 Å². The molecule has 2 heterocycles. The zero-order chi connectivity index (χ0) is 17.8. The number of amides is 1. The Morgan fingerprint density at radius 1 is 1.24 bits per heavy atom. The van der Waals surface area contributed by atoms with Crippen molar-refractivity contribution in [2.24, 2.45) is 0 Å². The quantitative estimate of drug-likeness (QED) is 0.727. The van der Waals surface area contributed by atoms with Crippen molar-refractivity contribution in [2.45, 2.75) is 13.0 Å². The highest BCUT2D eigenvalue weighted by Crippen LogP contribution is 2.31. The van der Waals surface area contributed by atoms with Crippen LogP contribution in [0.5, 0.6) is 11.5 Å². The molecule has 0 bridgehead atoms. The number of methoxy groups -OCH3 is 2. The third-order valence-corrected chi connectivity index (χ3v) is 4.42. The first-order chi connectivity index (χ1) is 12.1. The molecule has 1 N–H and O–H groups in total. The van der Waals surface area contributed by atoms with Crippen LogP contribution in [0.1, 0.15) is 28.5 Å². The van der Waals surface area contributed by atoms with Gasteiger partial charge in [0.1, 0.15) is 6.04 Å². The lowest BCUT2D eigenvalue weighted by atomic mass is 10.2. The Balaban J connectivity index is 1.77. The first kappa shape index (κ1) is 17.0. The summed E-state index contributed by atoms with van der Waals surface area (Å²) in [6.07, 6.45) is 0. The molecule has 0 aliphatic carbocycles. The number of carbonyl (C=O) groups is 1. The van der Waals surface area contributed by atoms with Crippen LogP contribution in [0.2, 0.25) is 0 Å². The Labute approximate surface area is 148 Å². The van der Waals surface area contributed by atoms with Crippen molar-refractivity contribution in [3.05, 3.63) is 46.5 Å². The molecule has 0 aliphatic heterocycles. The van der Waals surface area contributed by atoms with Gasteiger partial charge >= 0.3 is 0 Å². The summed E-state index contributed by atoms with van der Waals surface area (Å²) in [4.78, 5) is 17.1. The van der Waals surface area contributed by atoms with Gasteiger partial charge < -0.3 is 19.3 Å². The smallest absolute Gasteiger partial charge is 0.261 e. The first-order valence-corrected chi connectivity index (χ1v) is 8.40. The van der Waals surface area contributed by atoms with Crippen LogP contribution in [0.3, 0.4) is 0 Å². The lowest BCUT2D eigenvalue weighted by Gasteiger charge is -2.08. The molecule has 7 nitrogen and oxygen atoms in total. The van der Waals surface area contributed by atoms with E-state index in [2.05, 4.69) is 15.5 Å².